The number of amides is 2. The van der Waals surface area contributed by atoms with Gasteiger partial charge in [-0.2, -0.15) is 0 Å². The van der Waals surface area contributed by atoms with Gasteiger partial charge in [-0.1, -0.05) is 0 Å². The van der Waals surface area contributed by atoms with Gasteiger partial charge in [0.15, 0.2) is 6.54 Å². The van der Waals surface area contributed by atoms with Crippen LogP contribution in [0.1, 0.15) is 48.0 Å². The van der Waals surface area contributed by atoms with Crippen LogP contribution in [0.2, 0.25) is 0 Å². The van der Waals surface area contributed by atoms with Crippen molar-refractivity contribution < 1.29 is 33.4 Å². The van der Waals surface area contributed by atoms with E-state index in [0.717, 1.165) is 0 Å². The van der Waals surface area contributed by atoms with Crippen LogP contribution in [0.15, 0.2) is 0 Å². The third kappa shape index (κ3) is 9.25. The molecule has 0 aromatic carbocycles. The molecule has 0 bridgehead atoms. The minimum Gasteiger partial charge on any atom is -0.530 e. The van der Waals surface area contributed by atoms with E-state index in [2.05, 4.69) is 5.32 Å². The smallest absolute Gasteiger partial charge is 0.407 e. The molecule has 0 saturated carbocycles. The summed E-state index contributed by atoms with van der Waals surface area (Å²) in [6.07, 6.45) is -1.04. The molecule has 1 rings (SSSR count). The summed E-state index contributed by atoms with van der Waals surface area (Å²) in [5.74, 6) is -0.311. The van der Waals surface area contributed by atoms with Gasteiger partial charge in [0.05, 0.1) is 32.7 Å². The normalized spacial score (nSPS) is 17.0. The molecule has 0 unspecified atom stereocenters. The van der Waals surface area contributed by atoms with Crippen molar-refractivity contribution in [2.45, 2.75) is 59.2 Å². The molecule has 1 fully saturated rings. The molecular weight excluding hydrogens is 366 g/mol. The third-order valence-electron chi connectivity index (χ3n) is 4.31. The lowest BCUT2D eigenvalue weighted by Gasteiger charge is -2.45. The third-order valence-corrected chi connectivity index (χ3v) is 4.31. The van der Waals surface area contributed by atoms with Crippen molar-refractivity contribution in [3.05, 3.63) is 0 Å². The Hall–Kier alpha value is -2.03. The first kappa shape index (κ1) is 24.0. The Morgan fingerprint density at radius 2 is 1.54 bits per heavy atom. The van der Waals surface area contributed by atoms with Crippen LogP contribution in [0.5, 0.6) is 0 Å². The Labute approximate surface area is 167 Å². The molecule has 0 aromatic rings. The van der Waals surface area contributed by atoms with Gasteiger partial charge in [-0.05, 0) is 41.5 Å². The number of alkyl carbamates (subject to hydrolysis) is 1. The Morgan fingerprint density at radius 1 is 1.00 bits per heavy atom. The lowest BCUT2D eigenvalue weighted by molar-refractivity contribution is -0.925. The van der Waals surface area contributed by atoms with Crippen LogP contribution in [-0.4, -0.2) is 84.6 Å². The van der Waals surface area contributed by atoms with Crippen LogP contribution in [0.3, 0.4) is 0 Å². The van der Waals surface area contributed by atoms with E-state index < -0.39 is 23.4 Å². The zero-order chi connectivity index (χ0) is 21.6. The summed E-state index contributed by atoms with van der Waals surface area (Å²) in [4.78, 5) is 36.5. The summed E-state index contributed by atoms with van der Waals surface area (Å²) >= 11 is 0. The molecule has 162 valence electrons. The number of esters is 1. The fourth-order valence-corrected chi connectivity index (χ4v) is 3.10. The fourth-order valence-electron chi connectivity index (χ4n) is 3.10. The molecule has 0 radical (unpaired) electrons. The predicted octanol–water partition coefficient (Wildman–Crippen LogP) is 0.719. The summed E-state index contributed by atoms with van der Waals surface area (Å²) in [5, 5.41) is 13.8. The maximum absolute atomic E-state index is 12.4. The summed E-state index contributed by atoms with van der Waals surface area (Å²) in [5.41, 5.74) is -1.14. The topological polar surface area (TPSA) is 108 Å². The fraction of sp³-hybridized carbons (Fsp3) is 0.842. The van der Waals surface area contributed by atoms with E-state index in [4.69, 9.17) is 9.47 Å². The minimum atomic E-state index is -1.19. The van der Waals surface area contributed by atoms with Crippen LogP contribution >= 0.6 is 0 Å². The van der Waals surface area contributed by atoms with Crippen LogP contribution in [0.4, 0.5) is 9.59 Å². The second-order valence-electron chi connectivity index (χ2n) is 9.29. The molecule has 1 aliphatic rings. The lowest BCUT2D eigenvalue weighted by atomic mass is 10.2. The molecular formula is C19H35N3O6. The van der Waals surface area contributed by atoms with Gasteiger partial charge in [-0.3, -0.25) is 0 Å². The first-order valence-corrected chi connectivity index (χ1v) is 9.71. The summed E-state index contributed by atoms with van der Waals surface area (Å²) in [6, 6.07) is 0. The van der Waals surface area contributed by atoms with Gasteiger partial charge < -0.3 is 34.1 Å². The number of carbonyl (C=O) groups excluding carboxylic acids is 3. The van der Waals surface area contributed by atoms with Gasteiger partial charge in [0, 0.05) is 13.0 Å². The minimum absolute atomic E-state index is 0.171. The van der Waals surface area contributed by atoms with Gasteiger partial charge in [0.25, 0.3) is 0 Å². The largest absolute Gasteiger partial charge is 0.530 e. The van der Waals surface area contributed by atoms with E-state index in [0.29, 0.717) is 50.2 Å². The van der Waals surface area contributed by atoms with Gasteiger partial charge in [0.1, 0.15) is 17.3 Å². The molecule has 9 heteroatoms. The SMILES string of the molecule is CC(C)(C)OC(=O)C[N+]1(CCCNC(=O)OC(C)(C)C)CCN(C(=O)[O-])CC1. The van der Waals surface area contributed by atoms with E-state index in [-0.39, 0.29) is 12.5 Å². The molecule has 28 heavy (non-hydrogen) atoms. The number of piperazine rings is 1. The average molecular weight is 402 g/mol. The zero-order valence-corrected chi connectivity index (χ0v) is 18.0. The van der Waals surface area contributed by atoms with Crippen molar-refractivity contribution in [1.82, 2.24) is 10.2 Å². The summed E-state index contributed by atoms with van der Waals surface area (Å²) in [6.45, 7) is 13.7. The molecule has 0 aromatic heterocycles. The van der Waals surface area contributed by atoms with Gasteiger partial charge >= 0.3 is 12.1 Å². The number of nitrogens with zero attached hydrogens (tertiary/aromatic N) is 2. The summed E-state index contributed by atoms with van der Waals surface area (Å²) in [7, 11) is 0. The van der Waals surface area contributed by atoms with E-state index in [9.17, 15) is 19.5 Å². The predicted molar refractivity (Wildman–Crippen MR) is 101 cm³/mol. The molecule has 0 aliphatic carbocycles. The van der Waals surface area contributed by atoms with E-state index >= 15 is 0 Å². The average Bonchev–Trinajstić information content (AvgIpc) is 2.48. The Morgan fingerprint density at radius 3 is 2.00 bits per heavy atom. The standard InChI is InChI=1S/C19H35N3O6/c1-18(2,3)27-15(23)14-22(12-9-21(10-13-22)17(25)26)11-7-8-20-16(24)28-19(4,5)6/h7-14H2,1-6H3,(H-,20,24,25,26). The Balaban J connectivity index is 2.63. The van der Waals surface area contributed by atoms with Crippen molar-refractivity contribution in [1.29, 1.82) is 0 Å². The number of carbonyl (C=O) groups is 3. The lowest BCUT2D eigenvalue weighted by Crippen LogP contribution is -2.64. The quantitative estimate of drug-likeness (QED) is 0.399. The highest BCUT2D eigenvalue weighted by molar-refractivity contribution is 5.71. The van der Waals surface area contributed by atoms with E-state index in [1.807, 2.05) is 20.8 Å². The highest BCUT2D eigenvalue weighted by atomic mass is 16.6. The van der Waals surface area contributed by atoms with E-state index in [1.165, 1.54) is 4.90 Å². The molecule has 1 aliphatic heterocycles. The monoisotopic (exact) mass is 401 g/mol. The van der Waals surface area contributed by atoms with Crippen molar-refractivity contribution in [2.75, 3.05) is 45.8 Å². The highest BCUT2D eigenvalue weighted by Gasteiger charge is 2.36. The number of ether oxygens (including phenoxy) is 2. The van der Waals surface area contributed by atoms with Crippen LogP contribution in [-0.2, 0) is 14.3 Å². The zero-order valence-electron chi connectivity index (χ0n) is 18.0. The molecule has 9 nitrogen and oxygen atoms in total. The number of hydrogen-bond acceptors (Lipinski definition) is 6. The molecule has 2 amide bonds. The van der Waals surface area contributed by atoms with Crippen LogP contribution in [0.25, 0.3) is 0 Å². The highest BCUT2D eigenvalue weighted by Crippen LogP contribution is 2.17. The van der Waals surface area contributed by atoms with Crippen molar-refractivity contribution in [3.8, 4) is 0 Å². The van der Waals surface area contributed by atoms with Crippen LogP contribution < -0.4 is 10.4 Å². The Kier molecular flexibility index (Phi) is 8.10. The van der Waals surface area contributed by atoms with Crippen molar-refractivity contribution >= 4 is 18.2 Å². The number of quaternary nitrogens is 1. The molecule has 0 atom stereocenters. The molecule has 1 saturated heterocycles. The van der Waals surface area contributed by atoms with Gasteiger partial charge in [-0.25, -0.2) is 9.59 Å². The molecule has 1 N–H and O–H groups in total. The van der Waals surface area contributed by atoms with E-state index in [1.54, 1.807) is 20.8 Å². The molecule has 1 heterocycles. The maximum Gasteiger partial charge on any atom is 0.407 e. The second kappa shape index (κ2) is 9.45. The number of hydrogen-bond donors (Lipinski definition) is 1. The van der Waals surface area contributed by atoms with Gasteiger partial charge in [0.2, 0.25) is 0 Å². The number of rotatable bonds is 6. The first-order valence-electron chi connectivity index (χ1n) is 9.71. The summed E-state index contributed by atoms with van der Waals surface area (Å²) < 4.78 is 11.1. The van der Waals surface area contributed by atoms with Crippen molar-refractivity contribution in [2.24, 2.45) is 0 Å². The second-order valence-corrected chi connectivity index (χ2v) is 9.29. The first-order chi connectivity index (χ1) is 12.7. The maximum atomic E-state index is 12.4. The molecule has 0 spiro atoms. The van der Waals surface area contributed by atoms with Gasteiger partial charge in [-0.15, -0.1) is 0 Å². The van der Waals surface area contributed by atoms with Crippen molar-refractivity contribution in [3.63, 3.8) is 0 Å². The van der Waals surface area contributed by atoms with Crippen LogP contribution in [0, 0.1) is 0 Å². The number of carboxylic acid groups (broad SMARTS) is 1. The number of nitrogens with one attached hydrogen (secondary N) is 1. The Bertz CT molecular complexity index is 557.